The molecule has 2 atom stereocenters. The van der Waals surface area contributed by atoms with Gasteiger partial charge in [0.15, 0.2) is 0 Å². The van der Waals surface area contributed by atoms with Crippen LogP contribution in [0.15, 0.2) is 12.1 Å². The predicted molar refractivity (Wildman–Crippen MR) is 73.8 cm³/mol. The van der Waals surface area contributed by atoms with E-state index in [1.807, 2.05) is 6.92 Å². The van der Waals surface area contributed by atoms with Gasteiger partial charge >= 0.3 is 0 Å². The summed E-state index contributed by atoms with van der Waals surface area (Å²) in [4.78, 5) is 0. The Morgan fingerprint density at radius 3 is 2.50 bits per heavy atom. The molecule has 5 heteroatoms. The van der Waals surface area contributed by atoms with Crippen molar-refractivity contribution in [2.24, 2.45) is 0 Å². The van der Waals surface area contributed by atoms with Crippen molar-refractivity contribution < 1.29 is 14.9 Å². The van der Waals surface area contributed by atoms with Gasteiger partial charge in [-0.1, -0.05) is 30.1 Å². The Balaban J connectivity index is 3.11. The van der Waals surface area contributed by atoms with Crippen LogP contribution in [-0.4, -0.2) is 30.0 Å². The summed E-state index contributed by atoms with van der Waals surface area (Å²) in [5, 5.41) is 19.5. The van der Waals surface area contributed by atoms with Gasteiger partial charge < -0.3 is 14.9 Å². The first-order valence-electron chi connectivity index (χ1n) is 5.85. The molecular weight excluding hydrogens is 275 g/mol. The number of rotatable bonds is 6. The minimum atomic E-state index is -0.752. The second-order valence-corrected chi connectivity index (χ2v) is 5.03. The number of aliphatic hydroxyl groups excluding tert-OH is 2. The van der Waals surface area contributed by atoms with Crippen LogP contribution in [0.1, 0.15) is 31.2 Å². The quantitative estimate of drug-likeness (QED) is 0.846. The van der Waals surface area contributed by atoms with Gasteiger partial charge in [-0.2, -0.15) is 0 Å². The summed E-state index contributed by atoms with van der Waals surface area (Å²) in [6.45, 7) is 1.75. The van der Waals surface area contributed by atoms with Crippen molar-refractivity contribution >= 4 is 23.2 Å². The number of benzene rings is 1. The highest BCUT2D eigenvalue weighted by molar-refractivity contribution is 6.35. The Labute approximate surface area is 117 Å². The number of hydrogen-bond acceptors (Lipinski definition) is 3. The van der Waals surface area contributed by atoms with Crippen LogP contribution in [0.4, 0.5) is 0 Å². The Kier molecular flexibility index (Phi) is 6.22. The van der Waals surface area contributed by atoms with Crippen LogP contribution in [0, 0.1) is 0 Å². The van der Waals surface area contributed by atoms with E-state index in [9.17, 15) is 5.11 Å². The Hall–Kier alpha value is -0.480. The third kappa shape index (κ3) is 3.75. The van der Waals surface area contributed by atoms with E-state index >= 15 is 0 Å². The maximum Gasteiger partial charge on any atom is 0.141 e. The minimum Gasteiger partial charge on any atom is -0.495 e. The van der Waals surface area contributed by atoms with Gasteiger partial charge in [-0.3, -0.25) is 0 Å². The van der Waals surface area contributed by atoms with Gasteiger partial charge in [-0.05, 0) is 30.9 Å². The number of methoxy groups -OCH3 is 1. The fraction of sp³-hybridized carbons (Fsp3) is 0.538. The average molecular weight is 293 g/mol. The second-order valence-electron chi connectivity index (χ2n) is 4.19. The summed E-state index contributed by atoms with van der Waals surface area (Å²) in [5.74, 6) is 0.622. The Morgan fingerprint density at radius 1 is 1.33 bits per heavy atom. The van der Waals surface area contributed by atoms with E-state index in [2.05, 4.69) is 0 Å². The third-order valence-corrected chi connectivity index (χ3v) is 3.44. The van der Waals surface area contributed by atoms with E-state index in [4.69, 9.17) is 33.0 Å². The molecule has 2 N–H and O–H groups in total. The third-order valence-electron chi connectivity index (χ3n) is 2.94. The van der Waals surface area contributed by atoms with Crippen molar-refractivity contribution in [3.63, 3.8) is 0 Å². The predicted octanol–water partition coefficient (Wildman–Crippen LogP) is 3.24. The lowest BCUT2D eigenvalue weighted by Crippen LogP contribution is -2.16. The molecule has 102 valence electrons. The zero-order chi connectivity index (χ0) is 13.7. The van der Waals surface area contributed by atoms with Crippen molar-refractivity contribution in [2.45, 2.75) is 31.8 Å². The van der Waals surface area contributed by atoms with E-state index in [-0.39, 0.29) is 12.5 Å². The molecule has 0 aliphatic rings. The van der Waals surface area contributed by atoms with Gasteiger partial charge in [0.05, 0.1) is 24.8 Å². The normalized spacial score (nSPS) is 14.3. The molecule has 0 saturated carbocycles. The molecule has 0 amide bonds. The van der Waals surface area contributed by atoms with Gasteiger partial charge in [0.25, 0.3) is 0 Å². The monoisotopic (exact) mass is 292 g/mol. The van der Waals surface area contributed by atoms with E-state index in [0.29, 0.717) is 22.2 Å². The Morgan fingerprint density at radius 2 is 2.00 bits per heavy atom. The molecule has 0 aliphatic carbocycles. The summed E-state index contributed by atoms with van der Waals surface area (Å²) >= 11 is 12.1. The molecule has 0 fully saturated rings. The van der Waals surface area contributed by atoms with Crippen LogP contribution in [0.25, 0.3) is 0 Å². The largest absolute Gasteiger partial charge is 0.495 e. The lowest BCUT2D eigenvalue weighted by Gasteiger charge is -2.21. The van der Waals surface area contributed by atoms with Gasteiger partial charge in [-0.15, -0.1) is 0 Å². The van der Waals surface area contributed by atoms with Gasteiger partial charge in [0.2, 0.25) is 0 Å². The lowest BCUT2D eigenvalue weighted by molar-refractivity contribution is 0.0815. The smallest absolute Gasteiger partial charge is 0.141 e. The van der Waals surface area contributed by atoms with Crippen molar-refractivity contribution in [2.75, 3.05) is 13.7 Å². The molecule has 2 unspecified atom stereocenters. The average Bonchev–Trinajstić information content (AvgIpc) is 2.34. The van der Waals surface area contributed by atoms with Gasteiger partial charge in [0, 0.05) is 10.6 Å². The van der Waals surface area contributed by atoms with Crippen LogP contribution in [0.5, 0.6) is 5.75 Å². The maximum atomic E-state index is 9.57. The number of ether oxygens (including phenoxy) is 1. The topological polar surface area (TPSA) is 49.7 Å². The lowest BCUT2D eigenvalue weighted by atomic mass is 9.90. The SMILES string of the molecule is CCC(CC(O)CO)c1cc(Cl)cc(Cl)c1OC. The van der Waals surface area contributed by atoms with E-state index in [1.54, 1.807) is 19.2 Å². The highest BCUT2D eigenvalue weighted by Crippen LogP contribution is 2.39. The number of halogens is 2. The van der Waals surface area contributed by atoms with Crippen LogP contribution >= 0.6 is 23.2 Å². The first kappa shape index (κ1) is 15.6. The Bertz CT molecular complexity index is 396. The molecular formula is C13H18Cl2O3. The molecule has 3 nitrogen and oxygen atoms in total. The molecule has 0 aliphatic heterocycles. The molecule has 0 saturated heterocycles. The molecule has 1 aromatic rings. The van der Waals surface area contributed by atoms with Gasteiger partial charge in [-0.25, -0.2) is 0 Å². The number of hydrogen-bond donors (Lipinski definition) is 2. The van der Waals surface area contributed by atoms with Crippen LogP contribution < -0.4 is 4.74 Å². The first-order valence-corrected chi connectivity index (χ1v) is 6.60. The minimum absolute atomic E-state index is 0.0401. The molecule has 0 radical (unpaired) electrons. The molecule has 1 rings (SSSR count). The van der Waals surface area contributed by atoms with E-state index in [1.165, 1.54) is 0 Å². The number of aliphatic hydroxyl groups is 2. The van der Waals surface area contributed by atoms with Crippen LogP contribution in [0.3, 0.4) is 0 Å². The van der Waals surface area contributed by atoms with Crippen molar-refractivity contribution in [3.05, 3.63) is 27.7 Å². The zero-order valence-electron chi connectivity index (χ0n) is 10.5. The summed E-state index contributed by atoms with van der Waals surface area (Å²) in [5.41, 5.74) is 0.866. The highest BCUT2D eigenvalue weighted by Gasteiger charge is 2.20. The molecule has 18 heavy (non-hydrogen) atoms. The fourth-order valence-electron chi connectivity index (χ4n) is 2.02. The molecule has 0 spiro atoms. The molecule has 1 aromatic carbocycles. The van der Waals surface area contributed by atoms with Crippen molar-refractivity contribution in [3.8, 4) is 5.75 Å². The van der Waals surface area contributed by atoms with Crippen molar-refractivity contribution in [1.82, 2.24) is 0 Å². The maximum absolute atomic E-state index is 9.57. The zero-order valence-corrected chi connectivity index (χ0v) is 12.0. The van der Waals surface area contributed by atoms with Crippen LogP contribution in [-0.2, 0) is 0 Å². The van der Waals surface area contributed by atoms with E-state index < -0.39 is 6.10 Å². The molecule has 0 heterocycles. The summed E-state index contributed by atoms with van der Waals surface area (Å²) in [6.07, 6.45) is 0.488. The van der Waals surface area contributed by atoms with Crippen LogP contribution in [0.2, 0.25) is 10.0 Å². The molecule has 0 bridgehead atoms. The fourth-order valence-corrected chi connectivity index (χ4v) is 2.60. The standard InChI is InChI=1S/C13H18Cl2O3/c1-3-8(4-10(17)7-16)11-5-9(14)6-12(15)13(11)18-2/h5-6,8,10,16-17H,3-4,7H2,1-2H3. The van der Waals surface area contributed by atoms with E-state index in [0.717, 1.165) is 12.0 Å². The highest BCUT2D eigenvalue weighted by atomic mass is 35.5. The van der Waals surface area contributed by atoms with Gasteiger partial charge in [0.1, 0.15) is 5.75 Å². The summed E-state index contributed by atoms with van der Waals surface area (Å²) in [7, 11) is 1.55. The summed E-state index contributed by atoms with van der Waals surface area (Å²) in [6, 6.07) is 3.42. The van der Waals surface area contributed by atoms with Crippen molar-refractivity contribution in [1.29, 1.82) is 0 Å². The second kappa shape index (κ2) is 7.19. The molecule has 0 aromatic heterocycles. The first-order chi connectivity index (χ1) is 8.53. The summed E-state index contributed by atoms with van der Waals surface area (Å²) < 4.78 is 5.29.